The third-order valence-corrected chi connectivity index (χ3v) is 6.68. The first-order valence-electron chi connectivity index (χ1n) is 8.71. The highest BCUT2D eigenvalue weighted by atomic mass is 32.2. The maximum atomic E-state index is 12.7. The molecule has 138 valence electrons. The molecule has 1 aromatic carbocycles. The van der Waals surface area contributed by atoms with Gasteiger partial charge in [-0.2, -0.15) is 4.31 Å². The number of nitrogens with zero attached hydrogens (tertiary/aromatic N) is 1. The lowest BCUT2D eigenvalue weighted by Crippen LogP contribution is -2.51. The molecule has 2 aliphatic heterocycles. The number of sulfonamides is 1. The van der Waals surface area contributed by atoms with Gasteiger partial charge in [-0.3, -0.25) is 4.79 Å². The van der Waals surface area contributed by atoms with Gasteiger partial charge >= 0.3 is 0 Å². The minimum absolute atomic E-state index is 0.0563. The van der Waals surface area contributed by atoms with Crippen LogP contribution >= 0.6 is 0 Å². The second kappa shape index (κ2) is 7.82. The molecule has 2 saturated heterocycles. The van der Waals surface area contributed by atoms with Crippen molar-refractivity contribution in [2.75, 3.05) is 32.8 Å². The number of amides is 1. The van der Waals surface area contributed by atoms with E-state index in [9.17, 15) is 13.2 Å². The fourth-order valence-electron chi connectivity index (χ4n) is 3.23. The first kappa shape index (κ1) is 18.3. The Balaban J connectivity index is 1.75. The number of piperidine rings is 1. The number of benzene rings is 1. The Morgan fingerprint density at radius 2 is 2.08 bits per heavy atom. The fourth-order valence-corrected chi connectivity index (χ4v) is 4.68. The van der Waals surface area contributed by atoms with E-state index in [2.05, 4.69) is 10.6 Å². The van der Waals surface area contributed by atoms with Gasteiger partial charge in [0.15, 0.2) is 0 Å². The smallest absolute Gasteiger partial charge is 0.251 e. The number of hydrogen-bond donors (Lipinski definition) is 2. The second-order valence-electron chi connectivity index (χ2n) is 6.51. The Bertz CT molecular complexity index is 716. The molecule has 2 aliphatic rings. The average molecular weight is 367 g/mol. The van der Waals surface area contributed by atoms with E-state index in [1.54, 1.807) is 12.1 Å². The second-order valence-corrected chi connectivity index (χ2v) is 8.45. The van der Waals surface area contributed by atoms with Crippen molar-refractivity contribution < 1.29 is 17.9 Å². The summed E-state index contributed by atoms with van der Waals surface area (Å²) < 4.78 is 32.1. The molecule has 0 bridgehead atoms. The highest BCUT2D eigenvalue weighted by Gasteiger charge is 2.27. The molecule has 1 aromatic rings. The van der Waals surface area contributed by atoms with Crippen molar-refractivity contribution >= 4 is 15.9 Å². The predicted molar refractivity (Wildman–Crippen MR) is 94.0 cm³/mol. The maximum absolute atomic E-state index is 12.7. The van der Waals surface area contributed by atoms with E-state index in [4.69, 9.17) is 4.74 Å². The van der Waals surface area contributed by atoms with Crippen molar-refractivity contribution in [2.45, 2.75) is 36.7 Å². The fraction of sp³-hybridized carbons (Fsp3) is 0.588. The Kier molecular flexibility index (Phi) is 5.73. The summed E-state index contributed by atoms with van der Waals surface area (Å²) in [5.74, 6) is -0.237. The number of rotatable bonds is 4. The van der Waals surface area contributed by atoms with Gasteiger partial charge < -0.3 is 15.4 Å². The van der Waals surface area contributed by atoms with Crippen LogP contribution in [0.15, 0.2) is 29.2 Å². The monoisotopic (exact) mass is 367 g/mol. The summed E-state index contributed by atoms with van der Waals surface area (Å²) in [5.41, 5.74) is 0.368. The average Bonchev–Trinajstić information content (AvgIpc) is 2.64. The summed E-state index contributed by atoms with van der Waals surface area (Å²) in [6.07, 6.45) is 1.94. The summed E-state index contributed by atoms with van der Waals surface area (Å²) in [6, 6.07) is 6.52. The van der Waals surface area contributed by atoms with Crippen LogP contribution in [0.5, 0.6) is 0 Å². The molecule has 2 fully saturated rings. The van der Waals surface area contributed by atoms with Gasteiger partial charge in [-0.1, -0.05) is 6.07 Å². The zero-order valence-corrected chi connectivity index (χ0v) is 15.2. The number of carbonyl (C=O) groups is 1. The van der Waals surface area contributed by atoms with E-state index < -0.39 is 10.0 Å². The lowest BCUT2D eigenvalue weighted by atomic mass is 9.99. The van der Waals surface area contributed by atoms with Crippen molar-refractivity contribution in [1.82, 2.24) is 14.9 Å². The minimum Gasteiger partial charge on any atom is -0.379 e. The van der Waals surface area contributed by atoms with Gasteiger partial charge in [-0.15, -0.1) is 0 Å². The molecule has 0 aliphatic carbocycles. The van der Waals surface area contributed by atoms with Gasteiger partial charge in [0.05, 0.1) is 18.1 Å². The topological polar surface area (TPSA) is 87.7 Å². The molecule has 2 heterocycles. The molecule has 3 rings (SSSR count). The van der Waals surface area contributed by atoms with Crippen molar-refractivity contribution in [1.29, 1.82) is 0 Å². The van der Waals surface area contributed by atoms with Gasteiger partial charge in [0.2, 0.25) is 10.0 Å². The van der Waals surface area contributed by atoms with E-state index in [-0.39, 0.29) is 22.9 Å². The molecule has 0 aromatic heterocycles. The third-order valence-electron chi connectivity index (χ3n) is 4.78. The summed E-state index contributed by atoms with van der Waals surface area (Å²) >= 11 is 0. The van der Waals surface area contributed by atoms with Crippen LogP contribution in [0.1, 0.15) is 30.1 Å². The maximum Gasteiger partial charge on any atom is 0.251 e. The van der Waals surface area contributed by atoms with Crippen molar-refractivity contribution in [2.24, 2.45) is 0 Å². The third kappa shape index (κ3) is 4.20. The van der Waals surface area contributed by atoms with Crippen LogP contribution < -0.4 is 10.6 Å². The molecule has 7 nitrogen and oxygen atoms in total. The predicted octanol–water partition coefficient (Wildman–Crippen LogP) is 0.578. The molecular formula is C17H25N3O4S. The molecule has 0 spiro atoms. The van der Waals surface area contributed by atoms with Gasteiger partial charge in [0, 0.05) is 30.7 Å². The number of morpholine rings is 1. The Morgan fingerprint density at radius 1 is 1.32 bits per heavy atom. The minimum atomic E-state index is -3.60. The van der Waals surface area contributed by atoms with Crippen LogP contribution in [-0.4, -0.2) is 63.6 Å². The van der Waals surface area contributed by atoms with Crippen LogP contribution in [0.25, 0.3) is 0 Å². The molecule has 2 atom stereocenters. The van der Waals surface area contributed by atoms with Gasteiger partial charge in [0.1, 0.15) is 0 Å². The number of carbonyl (C=O) groups excluding carboxylic acids is 1. The highest BCUT2D eigenvalue weighted by Crippen LogP contribution is 2.19. The van der Waals surface area contributed by atoms with Crippen molar-refractivity contribution in [3.8, 4) is 0 Å². The highest BCUT2D eigenvalue weighted by molar-refractivity contribution is 7.89. The number of hydrogen-bond acceptors (Lipinski definition) is 5. The number of ether oxygens (including phenoxy) is 1. The molecule has 25 heavy (non-hydrogen) atoms. The molecule has 0 saturated carbocycles. The Labute approximate surface area is 148 Å². The van der Waals surface area contributed by atoms with E-state index >= 15 is 0 Å². The molecule has 1 amide bonds. The van der Waals surface area contributed by atoms with Crippen LogP contribution in [0.3, 0.4) is 0 Å². The number of nitrogens with one attached hydrogen (secondary N) is 2. The zero-order chi connectivity index (χ0) is 17.9. The molecule has 8 heteroatoms. The van der Waals surface area contributed by atoms with E-state index in [1.165, 1.54) is 16.4 Å². The quantitative estimate of drug-likeness (QED) is 0.813. The van der Waals surface area contributed by atoms with Crippen LogP contribution in [-0.2, 0) is 14.8 Å². The lowest BCUT2D eigenvalue weighted by molar-refractivity contribution is 0.0730. The van der Waals surface area contributed by atoms with E-state index in [1.807, 2.05) is 6.92 Å². The summed E-state index contributed by atoms with van der Waals surface area (Å²) in [5, 5.41) is 6.35. The van der Waals surface area contributed by atoms with Crippen molar-refractivity contribution in [3.05, 3.63) is 29.8 Å². The summed E-state index contributed by atoms with van der Waals surface area (Å²) in [6.45, 7) is 4.47. The van der Waals surface area contributed by atoms with Gasteiger partial charge in [-0.25, -0.2) is 8.42 Å². The Hall–Kier alpha value is -1.48. The van der Waals surface area contributed by atoms with Gasteiger partial charge in [0.25, 0.3) is 5.91 Å². The van der Waals surface area contributed by atoms with Crippen LogP contribution in [0, 0.1) is 0 Å². The summed E-state index contributed by atoms with van der Waals surface area (Å²) in [4.78, 5) is 12.7. The van der Waals surface area contributed by atoms with E-state index in [0.717, 1.165) is 19.4 Å². The Morgan fingerprint density at radius 3 is 2.80 bits per heavy atom. The normalized spacial score (nSPS) is 25.5. The SMILES string of the molecule is CC1NCCCC1NC(=O)c1cccc(S(=O)(=O)N2CCOCC2)c1. The molecule has 2 unspecified atom stereocenters. The first-order chi connectivity index (χ1) is 12.0. The largest absolute Gasteiger partial charge is 0.379 e. The summed E-state index contributed by atoms with van der Waals surface area (Å²) in [7, 11) is -3.60. The standard InChI is InChI=1S/C17H25N3O4S/c1-13-16(6-3-7-18-13)19-17(21)14-4-2-5-15(12-14)25(22,23)20-8-10-24-11-9-20/h2,4-5,12-13,16,18H,3,6-11H2,1H3,(H,19,21). The van der Waals surface area contributed by atoms with E-state index in [0.29, 0.717) is 31.9 Å². The zero-order valence-electron chi connectivity index (χ0n) is 14.4. The van der Waals surface area contributed by atoms with Gasteiger partial charge in [-0.05, 0) is 44.5 Å². The van der Waals surface area contributed by atoms with Crippen LogP contribution in [0.2, 0.25) is 0 Å². The first-order valence-corrected chi connectivity index (χ1v) is 10.1. The lowest BCUT2D eigenvalue weighted by Gasteiger charge is -2.30. The van der Waals surface area contributed by atoms with Crippen molar-refractivity contribution in [3.63, 3.8) is 0 Å². The molecule has 0 radical (unpaired) electrons. The van der Waals surface area contributed by atoms with Crippen LogP contribution in [0.4, 0.5) is 0 Å². The molecule has 2 N–H and O–H groups in total. The molecular weight excluding hydrogens is 342 g/mol.